The minimum atomic E-state index is -2.89. The van der Waals surface area contributed by atoms with Gasteiger partial charge in [0.05, 0.1) is 0 Å². The van der Waals surface area contributed by atoms with Crippen LogP contribution in [0.15, 0.2) is 188 Å². The summed E-state index contributed by atoms with van der Waals surface area (Å²) in [5.74, 6) is 0. The Labute approximate surface area is 389 Å². The van der Waals surface area contributed by atoms with Gasteiger partial charge >= 0.3 is 0 Å². The van der Waals surface area contributed by atoms with Crippen LogP contribution in [0.4, 0.5) is 34.1 Å². The summed E-state index contributed by atoms with van der Waals surface area (Å²) in [6, 6.07) is 72.4. The molecule has 0 saturated heterocycles. The summed E-state index contributed by atoms with van der Waals surface area (Å²) >= 11 is 0. The Hall–Kier alpha value is -6.36. The van der Waals surface area contributed by atoms with Crippen LogP contribution >= 0.6 is 0 Å². The molecule has 2 aliphatic heterocycles. The standard InChI is InChI=1S/C61H61BN2Si/c1-42-38-56-58-57(39-42)64(53-29-21-20-28-50(53)61(8,9)10)55-37-35-49(65(46-22-14-11-15-23-46,47-24-16-12-17-25-47)48-26-18-13-19-27-48)41-52(55)62(58)51-40-44(60(5,6)7)32-36-54(51)63(56)45-33-30-43(31-34-45)59(2,3)4/h11-41H,1-10H3. The van der Waals surface area contributed by atoms with Crippen LogP contribution in [0.2, 0.25) is 0 Å². The van der Waals surface area contributed by atoms with Crippen LogP contribution < -0.4 is 46.9 Å². The Kier molecular flexibility index (Phi) is 10.3. The minimum absolute atomic E-state index is 0.0231. The Morgan fingerprint density at radius 1 is 0.369 bits per heavy atom. The Balaban J connectivity index is 1.35. The van der Waals surface area contributed by atoms with Crippen LogP contribution in [-0.4, -0.2) is 14.8 Å². The fourth-order valence-electron chi connectivity index (χ4n) is 10.9. The van der Waals surface area contributed by atoms with Crippen molar-refractivity contribution < 1.29 is 0 Å². The quantitative estimate of drug-likeness (QED) is 0.121. The SMILES string of the molecule is Cc1cc2c3c(c1)N(c1ccccc1C(C)(C)C)c1ccc([Si](c4ccccc4)(c4ccccc4)c4ccccc4)cc1B3c1cc(C(C)(C)C)ccc1N2c1ccc(C(C)(C)C)cc1. The third kappa shape index (κ3) is 7.09. The monoisotopic (exact) mass is 860 g/mol. The molecular weight excluding hydrogens is 800 g/mol. The lowest BCUT2D eigenvalue weighted by molar-refractivity contribution is 0.590. The highest BCUT2D eigenvalue weighted by Crippen LogP contribution is 2.47. The van der Waals surface area contributed by atoms with E-state index in [0.29, 0.717) is 0 Å². The molecule has 0 amide bonds. The summed E-state index contributed by atoms with van der Waals surface area (Å²) in [4.78, 5) is 5.19. The first-order valence-electron chi connectivity index (χ1n) is 23.5. The van der Waals surface area contributed by atoms with Crippen LogP contribution in [0.5, 0.6) is 0 Å². The molecule has 65 heavy (non-hydrogen) atoms. The molecule has 0 atom stereocenters. The zero-order valence-electron chi connectivity index (χ0n) is 39.9. The molecule has 0 unspecified atom stereocenters. The van der Waals surface area contributed by atoms with Crippen molar-refractivity contribution in [2.45, 2.75) is 85.5 Å². The molecule has 0 radical (unpaired) electrons. The van der Waals surface area contributed by atoms with E-state index >= 15 is 0 Å². The van der Waals surface area contributed by atoms with Crippen LogP contribution in [0.25, 0.3) is 0 Å². The van der Waals surface area contributed by atoms with Crippen LogP contribution in [0.3, 0.4) is 0 Å². The first kappa shape index (κ1) is 42.6. The Morgan fingerprint density at radius 2 is 0.831 bits per heavy atom. The molecule has 8 aromatic rings. The number of aryl methyl sites for hydroxylation is 1. The van der Waals surface area contributed by atoms with Crippen LogP contribution in [0, 0.1) is 6.92 Å². The largest absolute Gasteiger partial charge is 0.311 e. The van der Waals surface area contributed by atoms with Crippen LogP contribution in [0.1, 0.15) is 84.6 Å². The summed E-state index contributed by atoms with van der Waals surface area (Å²) in [5.41, 5.74) is 16.6. The maximum Gasteiger partial charge on any atom is 0.252 e. The number of hydrogen-bond donors (Lipinski definition) is 0. The van der Waals surface area contributed by atoms with E-state index in [9.17, 15) is 0 Å². The molecule has 10 rings (SSSR count). The Bertz CT molecular complexity index is 2950. The zero-order chi connectivity index (χ0) is 45.5. The topological polar surface area (TPSA) is 6.48 Å². The predicted molar refractivity (Wildman–Crippen MR) is 285 cm³/mol. The fraction of sp³-hybridized carbons (Fsp3) is 0.213. The van der Waals surface area contributed by atoms with Crippen molar-refractivity contribution >= 4 is 86.0 Å². The van der Waals surface area contributed by atoms with Crippen molar-refractivity contribution in [1.29, 1.82) is 0 Å². The smallest absolute Gasteiger partial charge is 0.252 e. The number of hydrogen-bond acceptors (Lipinski definition) is 2. The first-order chi connectivity index (χ1) is 31.1. The molecule has 2 nitrogen and oxygen atoms in total. The average Bonchev–Trinajstić information content (AvgIpc) is 3.29. The molecule has 4 heteroatoms. The van der Waals surface area contributed by atoms with Gasteiger partial charge in [-0.05, 0) is 125 Å². The maximum absolute atomic E-state index is 2.89. The highest BCUT2D eigenvalue weighted by molar-refractivity contribution is 7.20. The number of rotatable bonds is 6. The van der Waals surface area contributed by atoms with Gasteiger partial charge in [0.15, 0.2) is 8.07 Å². The highest BCUT2D eigenvalue weighted by atomic mass is 28.3. The average molecular weight is 861 g/mol. The second-order valence-electron chi connectivity index (χ2n) is 21.5. The Morgan fingerprint density at radius 3 is 1.37 bits per heavy atom. The highest BCUT2D eigenvalue weighted by Gasteiger charge is 2.47. The van der Waals surface area contributed by atoms with Crippen LogP contribution in [-0.2, 0) is 16.2 Å². The normalized spacial score (nSPS) is 13.6. The minimum Gasteiger partial charge on any atom is -0.311 e. The summed E-state index contributed by atoms with van der Waals surface area (Å²) in [6.07, 6.45) is 0. The number of benzene rings is 8. The van der Waals surface area contributed by atoms with E-state index in [0.717, 1.165) is 0 Å². The van der Waals surface area contributed by atoms with Gasteiger partial charge in [0.1, 0.15) is 0 Å². The molecule has 0 bridgehead atoms. The van der Waals surface area contributed by atoms with Gasteiger partial charge in [-0.15, -0.1) is 0 Å². The number of fused-ring (bicyclic) bond motifs is 4. The second-order valence-corrected chi connectivity index (χ2v) is 25.3. The van der Waals surface area contributed by atoms with Crippen molar-refractivity contribution in [3.63, 3.8) is 0 Å². The number of anilines is 6. The van der Waals surface area contributed by atoms with E-state index in [2.05, 4.69) is 267 Å². The van der Waals surface area contributed by atoms with Crippen molar-refractivity contribution in [1.82, 2.24) is 0 Å². The molecule has 322 valence electrons. The second kappa shape index (κ2) is 15.7. The van der Waals surface area contributed by atoms with E-state index < -0.39 is 8.07 Å². The molecule has 0 N–H and O–H groups in total. The van der Waals surface area contributed by atoms with Gasteiger partial charge < -0.3 is 9.80 Å². The molecule has 2 aliphatic rings. The summed E-state index contributed by atoms with van der Waals surface area (Å²) in [5, 5.41) is 5.52. The van der Waals surface area contributed by atoms with Gasteiger partial charge in [0.2, 0.25) is 0 Å². The maximum atomic E-state index is 2.65. The molecule has 0 aliphatic carbocycles. The van der Waals surface area contributed by atoms with E-state index in [1.807, 2.05) is 0 Å². The molecule has 0 aromatic heterocycles. The molecule has 2 heterocycles. The third-order valence-corrected chi connectivity index (χ3v) is 18.8. The number of nitrogens with zero attached hydrogens (tertiary/aromatic N) is 2. The van der Waals surface area contributed by atoms with Gasteiger partial charge in [-0.1, -0.05) is 208 Å². The van der Waals surface area contributed by atoms with Gasteiger partial charge in [-0.25, -0.2) is 0 Å². The summed E-state index contributed by atoms with van der Waals surface area (Å²) < 4.78 is 0. The van der Waals surface area contributed by atoms with Crippen molar-refractivity contribution in [3.8, 4) is 0 Å². The van der Waals surface area contributed by atoms with Crippen molar-refractivity contribution in [2.75, 3.05) is 9.80 Å². The van der Waals surface area contributed by atoms with Gasteiger partial charge in [-0.3, -0.25) is 0 Å². The molecule has 8 aromatic carbocycles. The molecule has 0 saturated carbocycles. The van der Waals surface area contributed by atoms with E-state index in [-0.39, 0.29) is 23.0 Å². The van der Waals surface area contributed by atoms with Gasteiger partial charge in [0.25, 0.3) is 6.71 Å². The van der Waals surface area contributed by atoms with Crippen molar-refractivity contribution in [3.05, 3.63) is 210 Å². The van der Waals surface area contributed by atoms with Gasteiger partial charge in [-0.2, -0.15) is 0 Å². The van der Waals surface area contributed by atoms with Crippen molar-refractivity contribution in [2.24, 2.45) is 0 Å². The predicted octanol–water partition coefficient (Wildman–Crippen LogP) is 11.3. The molecule has 0 spiro atoms. The summed E-state index contributed by atoms with van der Waals surface area (Å²) in [7, 11) is -2.89. The van der Waals surface area contributed by atoms with Gasteiger partial charge in [0, 0.05) is 34.1 Å². The lowest BCUT2D eigenvalue weighted by atomic mass is 9.33. The zero-order valence-corrected chi connectivity index (χ0v) is 40.9. The third-order valence-electron chi connectivity index (χ3n) is 14.1. The lowest BCUT2D eigenvalue weighted by Gasteiger charge is -2.46. The van der Waals surface area contributed by atoms with E-state index in [4.69, 9.17) is 0 Å². The van der Waals surface area contributed by atoms with E-state index in [1.165, 1.54) is 93.5 Å². The summed E-state index contributed by atoms with van der Waals surface area (Å²) in [6.45, 7) is 23.2. The number of para-hydroxylation sites is 1. The molecule has 0 fully saturated rings. The lowest BCUT2D eigenvalue weighted by Crippen LogP contribution is -2.75. The fourth-order valence-corrected chi connectivity index (χ4v) is 15.6. The van der Waals surface area contributed by atoms with E-state index in [1.54, 1.807) is 0 Å². The molecular formula is C61H61BN2Si. The first-order valence-corrected chi connectivity index (χ1v) is 25.5.